The first-order valence-electron chi connectivity index (χ1n) is 10.0. The first kappa shape index (κ1) is 19.4. The molecule has 0 unspecified atom stereocenters. The number of nitrogens with zero attached hydrogens (tertiary/aromatic N) is 2. The smallest absolute Gasteiger partial charge is 0.290 e. The van der Waals surface area contributed by atoms with Crippen molar-refractivity contribution < 1.29 is 18.3 Å². The molecule has 0 spiro atoms. The number of amides is 1. The molecule has 0 radical (unpaired) electrons. The molecule has 1 amide bonds. The first-order valence-corrected chi connectivity index (χ1v) is 10.9. The summed E-state index contributed by atoms with van der Waals surface area (Å²) in [5.74, 6) is -0.716. The van der Waals surface area contributed by atoms with E-state index >= 15 is 0 Å². The lowest BCUT2D eigenvalue weighted by atomic mass is 10.0. The highest BCUT2D eigenvalue weighted by molar-refractivity contribution is 7.10. The monoisotopic (exact) mass is 428 g/mol. The summed E-state index contributed by atoms with van der Waals surface area (Å²) < 4.78 is 25.0. The Morgan fingerprint density at radius 2 is 1.97 bits per heavy atom. The van der Waals surface area contributed by atoms with Crippen LogP contribution in [0.15, 0.2) is 44.9 Å². The summed E-state index contributed by atoms with van der Waals surface area (Å²) >= 11 is 1.49. The van der Waals surface area contributed by atoms with Crippen LogP contribution in [0, 0.1) is 5.82 Å². The molecule has 1 fully saturated rings. The minimum atomic E-state index is -0.505. The van der Waals surface area contributed by atoms with Crippen molar-refractivity contribution in [2.24, 2.45) is 0 Å². The fourth-order valence-electron chi connectivity index (χ4n) is 4.26. The van der Waals surface area contributed by atoms with Gasteiger partial charge in [0.05, 0.1) is 30.2 Å². The van der Waals surface area contributed by atoms with Gasteiger partial charge in [0.15, 0.2) is 5.43 Å². The first-order chi connectivity index (χ1) is 14.6. The predicted octanol–water partition coefficient (Wildman–Crippen LogP) is 3.26. The standard InChI is InChI=1S/C22H21FN2O4S/c23-14-4-5-16-15(13-14)20(26)18-19(17-3-1-12-30-17)25(22(27)21(18)29-16)7-2-6-24-8-10-28-11-9-24/h1,3-5,12-13,19H,2,6-11H2/t19-/m0/s1. The molecule has 5 rings (SSSR count). The van der Waals surface area contributed by atoms with E-state index in [2.05, 4.69) is 4.90 Å². The van der Waals surface area contributed by atoms with Gasteiger partial charge in [0.2, 0.25) is 5.76 Å². The van der Waals surface area contributed by atoms with Gasteiger partial charge >= 0.3 is 0 Å². The van der Waals surface area contributed by atoms with E-state index < -0.39 is 11.9 Å². The molecule has 1 atom stereocenters. The maximum atomic E-state index is 13.8. The van der Waals surface area contributed by atoms with Crippen LogP contribution in [0.2, 0.25) is 0 Å². The van der Waals surface area contributed by atoms with Gasteiger partial charge in [-0.15, -0.1) is 11.3 Å². The third kappa shape index (κ3) is 3.34. The number of rotatable bonds is 5. The molecular weight excluding hydrogens is 407 g/mol. The minimum absolute atomic E-state index is 0.0730. The zero-order valence-corrected chi connectivity index (χ0v) is 17.1. The molecule has 156 valence electrons. The molecule has 2 aliphatic rings. The van der Waals surface area contributed by atoms with E-state index in [4.69, 9.17) is 9.15 Å². The molecule has 8 heteroatoms. The number of halogens is 1. The fourth-order valence-corrected chi connectivity index (χ4v) is 5.10. The highest BCUT2D eigenvalue weighted by Gasteiger charge is 2.42. The third-order valence-corrected chi connectivity index (χ3v) is 6.64. The van der Waals surface area contributed by atoms with Gasteiger partial charge < -0.3 is 14.1 Å². The van der Waals surface area contributed by atoms with E-state index in [0.717, 1.165) is 44.1 Å². The lowest BCUT2D eigenvalue weighted by Gasteiger charge is -2.28. The van der Waals surface area contributed by atoms with Gasteiger partial charge in [-0.2, -0.15) is 0 Å². The maximum absolute atomic E-state index is 13.8. The summed E-state index contributed by atoms with van der Waals surface area (Å²) in [4.78, 5) is 31.4. The minimum Gasteiger partial charge on any atom is -0.450 e. The van der Waals surface area contributed by atoms with Gasteiger partial charge in [-0.1, -0.05) is 6.07 Å². The second-order valence-electron chi connectivity index (χ2n) is 7.54. The Hall–Kier alpha value is -2.55. The van der Waals surface area contributed by atoms with Crippen LogP contribution in [-0.4, -0.2) is 55.1 Å². The number of carbonyl (C=O) groups excluding carboxylic acids is 1. The Balaban J connectivity index is 1.50. The zero-order valence-electron chi connectivity index (χ0n) is 16.3. The van der Waals surface area contributed by atoms with E-state index in [0.29, 0.717) is 12.1 Å². The zero-order chi connectivity index (χ0) is 20.7. The molecule has 6 nitrogen and oxygen atoms in total. The van der Waals surface area contributed by atoms with Gasteiger partial charge in [-0.25, -0.2) is 4.39 Å². The van der Waals surface area contributed by atoms with E-state index in [1.54, 1.807) is 4.90 Å². The SMILES string of the molecule is O=C1c2oc3ccc(F)cc3c(=O)c2[C@H](c2cccs2)N1CCCN1CCOCC1. The Morgan fingerprint density at radius 3 is 2.73 bits per heavy atom. The summed E-state index contributed by atoms with van der Waals surface area (Å²) in [5.41, 5.74) is 0.202. The van der Waals surface area contributed by atoms with Gasteiger partial charge in [0.1, 0.15) is 11.4 Å². The van der Waals surface area contributed by atoms with Crippen LogP contribution in [0.4, 0.5) is 4.39 Å². The van der Waals surface area contributed by atoms with Crippen LogP contribution >= 0.6 is 11.3 Å². The average Bonchev–Trinajstić information content (AvgIpc) is 3.37. The Labute approximate surface area is 176 Å². The van der Waals surface area contributed by atoms with E-state index in [9.17, 15) is 14.0 Å². The summed E-state index contributed by atoms with van der Waals surface area (Å²) in [6.45, 7) is 4.60. The Bertz CT molecular complexity index is 1140. The van der Waals surface area contributed by atoms with Crippen LogP contribution in [0.25, 0.3) is 11.0 Å². The average molecular weight is 428 g/mol. The van der Waals surface area contributed by atoms with Crippen molar-refractivity contribution in [3.63, 3.8) is 0 Å². The molecule has 0 saturated carbocycles. The van der Waals surface area contributed by atoms with Crippen molar-refractivity contribution in [1.29, 1.82) is 0 Å². The third-order valence-electron chi connectivity index (χ3n) is 5.72. The molecule has 1 saturated heterocycles. The number of ether oxygens (including phenoxy) is 1. The van der Waals surface area contributed by atoms with Gasteiger partial charge in [0.25, 0.3) is 5.91 Å². The van der Waals surface area contributed by atoms with Gasteiger partial charge in [-0.05, 0) is 36.1 Å². The van der Waals surface area contributed by atoms with Crippen molar-refractivity contribution in [1.82, 2.24) is 9.80 Å². The van der Waals surface area contributed by atoms with Crippen molar-refractivity contribution in [3.8, 4) is 0 Å². The van der Waals surface area contributed by atoms with Crippen molar-refractivity contribution in [3.05, 3.63) is 68.0 Å². The summed E-state index contributed by atoms with van der Waals surface area (Å²) in [5, 5.41) is 2.09. The van der Waals surface area contributed by atoms with Crippen LogP contribution < -0.4 is 5.43 Å². The molecule has 0 bridgehead atoms. The topological polar surface area (TPSA) is 63.0 Å². The second-order valence-corrected chi connectivity index (χ2v) is 8.52. The highest BCUT2D eigenvalue weighted by Crippen LogP contribution is 2.39. The van der Waals surface area contributed by atoms with Crippen LogP contribution in [-0.2, 0) is 4.74 Å². The summed E-state index contributed by atoms with van der Waals surface area (Å²) in [6.07, 6.45) is 0.782. The van der Waals surface area contributed by atoms with Crippen LogP contribution in [0.5, 0.6) is 0 Å². The normalized spacial score (nSPS) is 19.6. The molecule has 2 aliphatic heterocycles. The fraction of sp³-hybridized carbons (Fsp3) is 0.364. The summed E-state index contributed by atoms with van der Waals surface area (Å²) in [7, 11) is 0. The largest absolute Gasteiger partial charge is 0.450 e. The molecule has 3 aromatic rings. The quantitative estimate of drug-likeness (QED) is 0.624. The van der Waals surface area contributed by atoms with E-state index in [1.807, 2.05) is 17.5 Å². The summed E-state index contributed by atoms with van der Waals surface area (Å²) in [6, 6.07) is 7.13. The second kappa shape index (κ2) is 7.94. The van der Waals surface area contributed by atoms with Crippen molar-refractivity contribution in [2.45, 2.75) is 12.5 Å². The Kier molecular flexibility index (Phi) is 5.14. The Morgan fingerprint density at radius 1 is 1.13 bits per heavy atom. The van der Waals surface area contributed by atoms with E-state index in [-0.39, 0.29) is 28.1 Å². The number of thiophene rings is 1. The highest BCUT2D eigenvalue weighted by atomic mass is 32.1. The number of hydrogen-bond donors (Lipinski definition) is 0. The number of hydrogen-bond acceptors (Lipinski definition) is 6. The predicted molar refractivity (Wildman–Crippen MR) is 112 cm³/mol. The molecule has 2 aromatic heterocycles. The lowest BCUT2D eigenvalue weighted by molar-refractivity contribution is 0.0354. The van der Waals surface area contributed by atoms with Gasteiger partial charge in [-0.3, -0.25) is 14.5 Å². The number of benzene rings is 1. The molecular formula is C22H21FN2O4S. The number of morpholine rings is 1. The molecule has 30 heavy (non-hydrogen) atoms. The molecule has 0 N–H and O–H groups in total. The number of fused-ring (bicyclic) bond motifs is 2. The van der Waals surface area contributed by atoms with Crippen molar-refractivity contribution in [2.75, 3.05) is 39.4 Å². The van der Waals surface area contributed by atoms with Crippen LogP contribution in [0.3, 0.4) is 0 Å². The molecule has 0 aliphatic carbocycles. The molecule has 1 aromatic carbocycles. The van der Waals surface area contributed by atoms with E-state index in [1.165, 1.54) is 29.5 Å². The molecule has 4 heterocycles. The van der Waals surface area contributed by atoms with Crippen LogP contribution in [0.1, 0.15) is 33.5 Å². The number of carbonyl (C=O) groups is 1. The van der Waals surface area contributed by atoms with Crippen molar-refractivity contribution >= 4 is 28.2 Å². The maximum Gasteiger partial charge on any atom is 0.290 e. The van der Waals surface area contributed by atoms with Gasteiger partial charge in [0, 0.05) is 31.1 Å². The lowest BCUT2D eigenvalue weighted by Crippen LogP contribution is -2.38.